The lowest BCUT2D eigenvalue weighted by Gasteiger charge is -2.26. The van der Waals surface area contributed by atoms with Gasteiger partial charge >= 0.3 is 0 Å². The van der Waals surface area contributed by atoms with Gasteiger partial charge in [-0.25, -0.2) is 0 Å². The highest BCUT2D eigenvalue weighted by atomic mass is 16.4. The molecule has 0 radical (unpaired) electrons. The molecule has 0 bridgehead atoms. The topological polar surface area (TPSA) is 55.8 Å². The maximum absolute atomic E-state index is 6.76. The highest BCUT2D eigenvalue weighted by molar-refractivity contribution is 6.23. The van der Waals surface area contributed by atoms with Gasteiger partial charge < -0.3 is 22.6 Å². The van der Waals surface area contributed by atoms with Gasteiger partial charge in [-0.15, -0.1) is 0 Å². The van der Waals surface area contributed by atoms with Crippen LogP contribution in [0.2, 0.25) is 0 Å². The second-order valence-electron chi connectivity index (χ2n) is 18.4. The molecule has 69 heavy (non-hydrogen) atoms. The van der Waals surface area contributed by atoms with Gasteiger partial charge in [-0.05, 0) is 163 Å². The van der Waals surface area contributed by atoms with E-state index in [-0.39, 0.29) is 0 Å². The van der Waals surface area contributed by atoms with E-state index in [1.165, 1.54) is 16.3 Å². The fourth-order valence-corrected chi connectivity index (χ4v) is 11.1. The third-order valence-corrected chi connectivity index (χ3v) is 14.5. The summed E-state index contributed by atoms with van der Waals surface area (Å²) in [6, 6.07) is 75.8. The molecule has 5 heteroatoms. The van der Waals surface area contributed by atoms with Gasteiger partial charge in [0.25, 0.3) is 0 Å². The number of anilines is 3. The van der Waals surface area contributed by atoms with Crippen molar-refractivity contribution in [2.45, 2.75) is 0 Å². The fourth-order valence-electron chi connectivity index (χ4n) is 11.1. The van der Waals surface area contributed by atoms with Crippen LogP contribution in [-0.4, -0.2) is 0 Å². The van der Waals surface area contributed by atoms with Crippen LogP contribution in [-0.2, 0) is 0 Å². The number of nitrogens with zero attached hydrogens (tertiary/aromatic N) is 1. The molecule has 12 aromatic carbocycles. The van der Waals surface area contributed by atoms with E-state index in [2.05, 4.69) is 217 Å². The van der Waals surface area contributed by atoms with Crippen LogP contribution < -0.4 is 4.90 Å². The summed E-state index contributed by atoms with van der Waals surface area (Å²) in [6.07, 6.45) is 0. The smallest absolute Gasteiger partial charge is 0.178 e. The highest BCUT2D eigenvalue weighted by Gasteiger charge is 2.21. The van der Waals surface area contributed by atoms with E-state index in [0.29, 0.717) is 0 Å². The summed E-state index contributed by atoms with van der Waals surface area (Å²) in [6.45, 7) is 0. The molecule has 4 aromatic heterocycles. The molecule has 0 amide bonds. The lowest BCUT2D eigenvalue weighted by molar-refractivity contribution is 0.634. The largest absolute Gasteiger partial charge is 0.452 e. The van der Waals surface area contributed by atoms with Crippen molar-refractivity contribution in [2.75, 3.05) is 4.90 Å². The van der Waals surface area contributed by atoms with Crippen molar-refractivity contribution < 1.29 is 17.7 Å². The van der Waals surface area contributed by atoms with Gasteiger partial charge in [0.2, 0.25) is 0 Å². The molecule has 0 saturated heterocycles. The summed E-state index contributed by atoms with van der Waals surface area (Å²) in [5, 5.41) is 17.6. The predicted octanol–water partition coefficient (Wildman–Crippen LogP) is 19.0. The first kappa shape index (κ1) is 36.8. The van der Waals surface area contributed by atoms with Crippen molar-refractivity contribution in [3.8, 4) is 11.1 Å². The molecule has 16 aromatic rings. The van der Waals surface area contributed by atoms with Crippen LogP contribution in [0.4, 0.5) is 17.1 Å². The Bertz CT molecular complexity index is 4570. The van der Waals surface area contributed by atoms with E-state index in [1.54, 1.807) is 0 Å². The average Bonchev–Trinajstić information content (AvgIpc) is 4.16. The third kappa shape index (κ3) is 5.41. The van der Waals surface area contributed by atoms with Gasteiger partial charge in [0, 0.05) is 60.2 Å². The van der Waals surface area contributed by atoms with Crippen molar-refractivity contribution in [3.05, 3.63) is 212 Å². The maximum Gasteiger partial charge on any atom is 0.178 e. The molecule has 320 valence electrons. The standard InChI is InChI=1S/C64H35NO4/c1-2-8-36(9-3-1)37-14-18-46(19-15-37)65(47-20-16-42-30-55-51-24-22-49-53-28-38-10-4-6-12-40(38)32-57(53)66-61(49)63(51)68-59(55)34-44(42)26-47)48-21-17-43-31-56-52-25-23-50-54-29-39-11-5-7-13-41(39)33-58(54)67-62(50)64(52)69-60(56)35-45(43)27-48/h1-35H. The molecule has 0 unspecified atom stereocenters. The van der Waals surface area contributed by atoms with Gasteiger partial charge in [-0.1, -0.05) is 103 Å². The summed E-state index contributed by atoms with van der Waals surface area (Å²) in [4.78, 5) is 2.34. The first-order chi connectivity index (χ1) is 34.1. The SMILES string of the molecule is c1ccc(-c2ccc(N(c3ccc4cc5c(cc4c3)oc3c5ccc4c5cc6ccccc6cc5oc43)c3ccc4cc5c(cc4c3)oc3c5ccc4c5cc6ccccc6cc5oc43)cc2)cc1. The van der Waals surface area contributed by atoms with Gasteiger partial charge in [0.05, 0.1) is 0 Å². The third-order valence-electron chi connectivity index (χ3n) is 14.5. The minimum atomic E-state index is 0.767. The Morgan fingerprint density at radius 2 is 0.536 bits per heavy atom. The monoisotopic (exact) mass is 881 g/mol. The zero-order valence-corrected chi connectivity index (χ0v) is 36.8. The first-order valence-corrected chi connectivity index (χ1v) is 23.4. The predicted molar refractivity (Wildman–Crippen MR) is 286 cm³/mol. The Kier molecular flexibility index (Phi) is 7.28. The van der Waals surface area contributed by atoms with E-state index in [4.69, 9.17) is 17.7 Å². The van der Waals surface area contributed by atoms with Crippen LogP contribution in [0.1, 0.15) is 0 Å². The Hall–Kier alpha value is -9.32. The van der Waals surface area contributed by atoms with Crippen LogP contribution in [0.3, 0.4) is 0 Å². The van der Waals surface area contributed by atoms with Crippen LogP contribution in [0.25, 0.3) is 142 Å². The average molecular weight is 882 g/mol. The summed E-state index contributed by atoms with van der Waals surface area (Å²) in [5.41, 5.74) is 11.9. The number of furan rings is 4. The van der Waals surface area contributed by atoms with E-state index in [0.717, 1.165) is 143 Å². The second kappa shape index (κ2) is 13.6. The van der Waals surface area contributed by atoms with Crippen molar-refractivity contribution in [1.29, 1.82) is 0 Å². The number of rotatable bonds is 4. The van der Waals surface area contributed by atoms with E-state index < -0.39 is 0 Å². The Morgan fingerprint density at radius 3 is 0.942 bits per heavy atom. The molecule has 0 spiro atoms. The summed E-state index contributed by atoms with van der Waals surface area (Å²) in [5.74, 6) is 0. The van der Waals surface area contributed by atoms with Crippen LogP contribution in [0, 0.1) is 0 Å². The molecule has 0 saturated carbocycles. The zero-order valence-electron chi connectivity index (χ0n) is 36.8. The number of hydrogen-bond donors (Lipinski definition) is 0. The summed E-state index contributed by atoms with van der Waals surface area (Å²) < 4.78 is 26.7. The molecular formula is C64H35NO4. The molecule has 0 N–H and O–H groups in total. The normalized spacial score (nSPS) is 12.3. The number of benzene rings is 12. The molecule has 0 atom stereocenters. The van der Waals surface area contributed by atoms with Crippen LogP contribution >= 0.6 is 0 Å². The molecule has 0 aliphatic heterocycles. The quantitative estimate of drug-likeness (QED) is 0.176. The number of hydrogen-bond acceptors (Lipinski definition) is 5. The summed E-state index contributed by atoms with van der Waals surface area (Å²) >= 11 is 0. The van der Waals surface area contributed by atoms with Crippen molar-refractivity contribution in [1.82, 2.24) is 0 Å². The highest BCUT2D eigenvalue weighted by Crippen LogP contribution is 2.45. The Labute approximate surface area is 392 Å². The van der Waals surface area contributed by atoms with Crippen molar-refractivity contribution in [2.24, 2.45) is 0 Å². The Balaban J connectivity index is 0.845. The molecule has 16 rings (SSSR count). The molecular weight excluding hydrogens is 847 g/mol. The molecule has 5 nitrogen and oxygen atoms in total. The van der Waals surface area contributed by atoms with Gasteiger partial charge in [0.1, 0.15) is 22.3 Å². The van der Waals surface area contributed by atoms with Gasteiger partial charge in [-0.2, -0.15) is 0 Å². The van der Waals surface area contributed by atoms with Crippen molar-refractivity contribution in [3.63, 3.8) is 0 Å². The molecule has 4 heterocycles. The molecule has 0 fully saturated rings. The van der Waals surface area contributed by atoms with Crippen LogP contribution in [0.15, 0.2) is 230 Å². The zero-order chi connectivity index (χ0) is 44.9. The Morgan fingerprint density at radius 1 is 0.217 bits per heavy atom. The molecule has 0 aliphatic carbocycles. The second-order valence-corrected chi connectivity index (χ2v) is 18.4. The van der Waals surface area contributed by atoms with Crippen LogP contribution in [0.5, 0.6) is 0 Å². The van der Waals surface area contributed by atoms with Crippen molar-refractivity contribution >= 4 is 148 Å². The van der Waals surface area contributed by atoms with Gasteiger partial charge in [0.15, 0.2) is 22.3 Å². The first-order valence-electron chi connectivity index (χ1n) is 23.4. The maximum atomic E-state index is 6.76. The minimum Gasteiger partial charge on any atom is -0.452 e. The summed E-state index contributed by atoms with van der Waals surface area (Å²) in [7, 11) is 0. The van der Waals surface area contributed by atoms with E-state index >= 15 is 0 Å². The number of fused-ring (bicyclic) bond motifs is 18. The van der Waals surface area contributed by atoms with E-state index in [9.17, 15) is 0 Å². The lowest BCUT2D eigenvalue weighted by atomic mass is 10.0. The van der Waals surface area contributed by atoms with Gasteiger partial charge in [-0.3, -0.25) is 0 Å². The molecule has 0 aliphatic rings. The minimum absolute atomic E-state index is 0.767. The fraction of sp³-hybridized carbons (Fsp3) is 0. The van der Waals surface area contributed by atoms with E-state index in [1.807, 2.05) is 0 Å². The lowest BCUT2D eigenvalue weighted by Crippen LogP contribution is -2.09.